The van der Waals surface area contributed by atoms with Gasteiger partial charge in [-0.2, -0.15) is 4.31 Å². The Hall–Kier alpha value is -1.48. The summed E-state index contributed by atoms with van der Waals surface area (Å²) in [4.78, 5) is 0.267. The first-order valence-electron chi connectivity index (χ1n) is 7.15. The molecule has 1 fully saturated rings. The Morgan fingerprint density at radius 1 is 1.39 bits per heavy atom. The lowest BCUT2D eigenvalue weighted by Crippen LogP contribution is -2.50. The maximum atomic E-state index is 12.6. The summed E-state index contributed by atoms with van der Waals surface area (Å²) in [6.45, 7) is 3.98. The van der Waals surface area contributed by atoms with Crippen LogP contribution < -0.4 is 0 Å². The van der Waals surface area contributed by atoms with Gasteiger partial charge in [0.05, 0.1) is 23.2 Å². The summed E-state index contributed by atoms with van der Waals surface area (Å²) in [7, 11) is -3.54. The third-order valence-electron chi connectivity index (χ3n) is 3.91. The Balaban J connectivity index is 1.75. The highest BCUT2D eigenvalue weighted by Crippen LogP contribution is 2.30. The molecular formula is C14H17ClN4O3S. The van der Waals surface area contributed by atoms with E-state index in [9.17, 15) is 13.5 Å². The van der Waals surface area contributed by atoms with Crippen LogP contribution in [0.2, 0.25) is 5.02 Å². The van der Waals surface area contributed by atoms with Gasteiger partial charge >= 0.3 is 0 Å². The Bertz CT molecular complexity index is 828. The van der Waals surface area contributed by atoms with E-state index in [0.29, 0.717) is 29.4 Å². The Morgan fingerprint density at radius 2 is 2.09 bits per heavy atom. The molecule has 2 aromatic rings. The van der Waals surface area contributed by atoms with Crippen molar-refractivity contribution in [3.8, 4) is 0 Å². The maximum Gasteiger partial charge on any atom is 0.243 e. The van der Waals surface area contributed by atoms with Gasteiger partial charge in [-0.15, -0.1) is 5.10 Å². The highest BCUT2D eigenvalue weighted by Gasteiger charge is 2.39. The minimum absolute atomic E-state index is 0.0719. The zero-order chi connectivity index (χ0) is 16.8. The number of hydrogen-bond donors (Lipinski definition) is 1. The van der Waals surface area contributed by atoms with Gasteiger partial charge in [0.2, 0.25) is 10.0 Å². The fourth-order valence-corrected chi connectivity index (χ4v) is 4.43. The van der Waals surface area contributed by atoms with Gasteiger partial charge in [0.15, 0.2) is 0 Å². The molecule has 1 aliphatic rings. The molecule has 0 amide bonds. The molecule has 0 radical (unpaired) electrons. The second-order valence-corrected chi connectivity index (χ2v) is 8.03. The van der Waals surface area contributed by atoms with Crippen molar-refractivity contribution in [3.63, 3.8) is 0 Å². The van der Waals surface area contributed by atoms with Gasteiger partial charge in [0.25, 0.3) is 0 Å². The molecule has 0 saturated carbocycles. The second kappa shape index (κ2) is 5.86. The van der Waals surface area contributed by atoms with Crippen LogP contribution in [0.4, 0.5) is 0 Å². The third kappa shape index (κ3) is 2.99. The van der Waals surface area contributed by atoms with E-state index in [2.05, 4.69) is 10.3 Å². The van der Waals surface area contributed by atoms with Crippen molar-refractivity contribution in [3.05, 3.63) is 40.7 Å². The van der Waals surface area contributed by atoms with E-state index in [1.165, 1.54) is 10.4 Å². The second-order valence-electron chi connectivity index (χ2n) is 5.69. The van der Waals surface area contributed by atoms with E-state index >= 15 is 0 Å². The number of aliphatic hydroxyl groups is 1. The number of rotatable bonds is 4. The van der Waals surface area contributed by atoms with Crippen LogP contribution in [-0.4, -0.2) is 45.9 Å². The average molecular weight is 357 g/mol. The van der Waals surface area contributed by atoms with Gasteiger partial charge in [-0.05, 0) is 37.6 Å². The number of aromatic nitrogens is 3. The molecule has 1 atom stereocenters. The predicted molar refractivity (Wildman–Crippen MR) is 84.6 cm³/mol. The van der Waals surface area contributed by atoms with E-state index in [1.54, 1.807) is 36.9 Å². The van der Waals surface area contributed by atoms with E-state index in [-0.39, 0.29) is 10.9 Å². The molecule has 1 aliphatic heterocycles. The van der Waals surface area contributed by atoms with E-state index in [0.717, 1.165) is 0 Å². The molecule has 1 saturated heterocycles. The normalized spacial score (nSPS) is 17.9. The summed E-state index contributed by atoms with van der Waals surface area (Å²) in [6.07, 6.45) is 0.952. The molecule has 23 heavy (non-hydrogen) atoms. The molecule has 3 rings (SSSR count). The van der Waals surface area contributed by atoms with Crippen LogP contribution in [-0.2, 0) is 10.0 Å². The van der Waals surface area contributed by atoms with E-state index in [4.69, 9.17) is 11.6 Å². The molecule has 1 aromatic carbocycles. The molecule has 0 aliphatic carbocycles. The van der Waals surface area contributed by atoms with Gasteiger partial charge in [0.1, 0.15) is 5.69 Å². The number of aliphatic hydroxyl groups excluding tert-OH is 1. The molecule has 9 heteroatoms. The van der Waals surface area contributed by atoms with Crippen LogP contribution in [0.5, 0.6) is 0 Å². The molecule has 124 valence electrons. The maximum absolute atomic E-state index is 12.6. The molecular weight excluding hydrogens is 340 g/mol. The summed E-state index contributed by atoms with van der Waals surface area (Å²) in [6, 6.07) is 4.67. The van der Waals surface area contributed by atoms with Crippen molar-refractivity contribution in [1.29, 1.82) is 0 Å². The number of hydrogen-bond acceptors (Lipinski definition) is 5. The van der Waals surface area contributed by atoms with Crippen molar-refractivity contribution in [1.82, 2.24) is 19.3 Å². The lowest BCUT2D eigenvalue weighted by molar-refractivity contribution is 0.187. The highest BCUT2D eigenvalue weighted by atomic mass is 35.5. The van der Waals surface area contributed by atoms with Crippen LogP contribution >= 0.6 is 11.6 Å². The van der Waals surface area contributed by atoms with Gasteiger partial charge in [-0.3, -0.25) is 0 Å². The Labute approximate surface area is 139 Å². The number of halogens is 1. The lowest BCUT2D eigenvalue weighted by atomic mass is 10.2. The standard InChI is InChI=1S/C14H17ClN4O3S/c1-9-5-11(15)3-4-14(9)23(21,22)18-6-12(7-18)19-8-13(10(2)20)16-17-19/h3-5,8,10,12,20H,6-7H2,1-2H3/t10-/m1/s1. The van der Waals surface area contributed by atoms with Crippen LogP contribution in [0.25, 0.3) is 0 Å². The summed E-state index contributed by atoms with van der Waals surface area (Å²) < 4.78 is 28.3. The number of nitrogens with zero attached hydrogens (tertiary/aromatic N) is 4. The zero-order valence-corrected chi connectivity index (χ0v) is 14.3. The van der Waals surface area contributed by atoms with Crippen molar-refractivity contribution in [2.45, 2.75) is 30.9 Å². The van der Waals surface area contributed by atoms with Crippen LogP contribution in [0, 0.1) is 6.92 Å². The molecule has 0 unspecified atom stereocenters. The molecule has 2 heterocycles. The molecule has 7 nitrogen and oxygen atoms in total. The first kappa shape index (κ1) is 16.4. The largest absolute Gasteiger partial charge is 0.387 e. The van der Waals surface area contributed by atoms with Crippen LogP contribution in [0.3, 0.4) is 0 Å². The van der Waals surface area contributed by atoms with Crippen LogP contribution in [0.15, 0.2) is 29.3 Å². The van der Waals surface area contributed by atoms with Gasteiger partial charge < -0.3 is 5.11 Å². The topological polar surface area (TPSA) is 88.3 Å². The molecule has 1 N–H and O–H groups in total. The van der Waals surface area contributed by atoms with Crippen molar-refractivity contribution < 1.29 is 13.5 Å². The highest BCUT2D eigenvalue weighted by molar-refractivity contribution is 7.89. The Morgan fingerprint density at radius 3 is 2.65 bits per heavy atom. The third-order valence-corrected chi connectivity index (χ3v) is 6.14. The van der Waals surface area contributed by atoms with Gasteiger partial charge in [0, 0.05) is 18.1 Å². The minimum Gasteiger partial charge on any atom is -0.387 e. The summed E-state index contributed by atoms with van der Waals surface area (Å²) in [5.41, 5.74) is 1.10. The number of sulfonamides is 1. The predicted octanol–water partition coefficient (Wildman–Crippen LogP) is 1.54. The fourth-order valence-electron chi connectivity index (χ4n) is 2.48. The van der Waals surface area contributed by atoms with Crippen molar-refractivity contribution in [2.24, 2.45) is 0 Å². The number of aryl methyl sites for hydroxylation is 1. The average Bonchev–Trinajstić information content (AvgIpc) is 2.85. The quantitative estimate of drug-likeness (QED) is 0.897. The van der Waals surface area contributed by atoms with Crippen molar-refractivity contribution in [2.75, 3.05) is 13.1 Å². The van der Waals surface area contributed by atoms with Gasteiger partial charge in [-0.1, -0.05) is 16.8 Å². The smallest absolute Gasteiger partial charge is 0.243 e. The van der Waals surface area contributed by atoms with E-state index < -0.39 is 16.1 Å². The number of benzene rings is 1. The summed E-state index contributed by atoms with van der Waals surface area (Å²) in [5, 5.41) is 17.8. The summed E-state index contributed by atoms with van der Waals surface area (Å²) >= 11 is 5.88. The van der Waals surface area contributed by atoms with E-state index in [1.807, 2.05) is 0 Å². The molecule has 0 bridgehead atoms. The Kier molecular flexibility index (Phi) is 4.18. The molecule has 0 spiro atoms. The monoisotopic (exact) mass is 356 g/mol. The van der Waals surface area contributed by atoms with Crippen LogP contribution in [0.1, 0.15) is 30.3 Å². The first-order chi connectivity index (χ1) is 10.8. The first-order valence-corrected chi connectivity index (χ1v) is 8.97. The van der Waals surface area contributed by atoms with Crippen molar-refractivity contribution >= 4 is 21.6 Å². The summed E-state index contributed by atoms with van der Waals surface area (Å²) in [5.74, 6) is 0. The minimum atomic E-state index is -3.54. The lowest BCUT2D eigenvalue weighted by Gasteiger charge is -2.37. The SMILES string of the molecule is Cc1cc(Cl)ccc1S(=O)(=O)N1CC(n2cc([C@@H](C)O)nn2)C1. The molecule has 1 aromatic heterocycles. The zero-order valence-electron chi connectivity index (χ0n) is 12.7. The van der Waals surface area contributed by atoms with Gasteiger partial charge in [-0.25, -0.2) is 13.1 Å². The fraction of sp³-hybridized carbons (Fsp3) is 0.429.